The third kappa shape index (κ3) is 4.17. The van der Waals surface area contributed by atoms with Crippen molar-refractivity contribution in [2.24, 2.45) is 5.92 Å². The topological polar surface area (TPSA) is 70.7 Å². The Bertz CT molecular complexity index is 330. The standard InChI is InChI=1S/C12H20N4O/c17-12(8-10-4-2-1-3-5-10)13-7-6-11-14-9-15-16-11/h9-10H,1-8H2,(H,13,17)(H,14,15,16). The molecule has 2 N–H and O–H groups in total. The minimum absolute atomic E-state index is 0.177. The molecule has 0 aliphatic heterocycles. The van der Waals surface area contributed by atoms with Gasteiger partial charge in [0.05, 0.1) is 0 Å². The summed E-state index contributed by atoms with van der Waals surface area (Å²) < 4.78 is 0. The molecule has 1 amide bonds. The van der Waals surface area contributed by atoms with Crippen molar-refractivity contribution in [1.29, 1.82) is 0 Å². The lowest BCUT2D eigenvalue weighted by Crippen LogP contribution is -2.28. The molecule has 2 rings (SSSR count). The zero-order valence-electron chi connectivity index (χ0n) is 10.1. The van der Waals surface area contributed by atoms with Crippen LogP contribution in [0.15, 0.2) is 6.33 Å². The van der Waals surface area contributed by atoms with Gasteiger partial charge in [0, 0.05) is 19.4 Å². The molecule has 0 atom stereocenters. The third-order valence-corrected chi connectivity index (χ3v) is 3.35. The summed E-state index contributed by atoms with van der Waals surface area (Å²) in [6.07, 6.45) is 9.24. The van der Waals surface area contributed by atoms with Crippen molar-refractivity contribution < 1.29 is 4.79 Å². The Morgan fingerprint density at radius 3 is 2.94 bits per heavy atom. The van der Waals surface area contributed by atoms with E-state index in [-0.39, 0.29) is 5.91 Å². The van der Waals surface area contributed by atoms with Gasteiger partial charge in [-0.25, -0.2) is 4.98 Å². The molecular formula is C12H20N4O. The predicted molar refractivity (Wildman–Crippen MR) is 64.3 cm³/mol. The van der Waals surface area contributed by atoms with Gasteiger partial charge in [-0.1, -0.05) is 19.3 Å². The minimum Gasteiger partial charge on any atom is -0.356 e. The van der Waals surface area contributed by atoms with Gasteiger partial charge < -0.3 is 5.32 Å². The molecule has 0 bridgehead atoms. The lowest BCUT2D eigenvalue weighted by molar-refractivity contribution is -0.122. The average Bonchev–Trinajstić information content (AvgIpc) is 2.83. The number of hydrogen-bond donors (Lipinski definition) is 2. The number of aromatic nitrogens is 3. The van der Waals surface area contributed by atoms with Crippen molar-refractivity contribution in [2.45, 2.75) is 44.9 Å². The van der Waals surface area contributed by atoms with E-state index >= 15 is 0 Å². The van der Waals surface area contributed by atoms with Gasteiger partial charge in [0.25, 0.3) is 0 Å². The van der Waals surface area contributed by atoms with E-state index in [4.69, 9.17) is 0 Å². The molecule has 1 aromatic rings. The van der Waals surface area contributed by atoms with Crippen LogP contribution in [-0.2, 0) is 11.2 Å². The molecule has 0 radical (unpaired) electrons. The fraction of sp³-hybridized carbons (Fsp3) is 0.750. The number of H-pyrrole nitrogens is 1. The number of rotatable bonds is 5. The molecule has 5 nitrogen and oxygen atoms in total. The molecule has 0 aromatic carbocycles. The van der Waals surface area contributed by atoms with Gasteiger partial charge in [-0.3, -0.25) is 9.89 Å². The largest absolute Gasteiger partial charge is 0.356 e. The van der Waals surface area contributed by atoms with Crippen molar-refractivity contribution in [3.05, 3.63) is 12.2 Å². The van der Waals surface area contributed by atoms with Crippen LogP contribution >= 0.6 is 0 Å². The summed E-state index contributed by atoms with van der Waals surface area (Å²) in [5, 5.41) is 9.49. The van der Waals surface area contributed by atoms with Crippen LogP contribution in [0.25, 0.3) is 0 Å². The maximum absolute atomic E-state index is 11.7. The molecule has 1 aromatic heterocycles. The van der Waals surface area contributed by atoms with Gasteiger partial charge >= 0.3 is 0 Å². The first-order chi connectivity index (χ1) is 8.34. The minimum atomic E-state index is 0.177. The number of nitrogens with one attached hydrogen (secondary N) is 2. The summed E-state index contributed by atoms with van der Waals surface area (Å²) in [5.74, 6) is 1.61. The van der Waals surface area contributed by atoms with E-state index in [1.165, 1.54) is 38.4 Å². The first-order valence-corrected chi connectivity index (χ1v) is 6.45. The average molecular weight is 236 g/mol. The molecule has 5 heteroatoms. The number of carbonyl (C=O) groups excluding carboxylic acids is 1. The van der Waals surface area contributed by atoms with Crippen molar-refractivity contribution in [3.8, 4) is 0 Å². The Morgan fingerprint density at radius 2 is 2.24 bits per heavy atom. The molecule has 1 aliphatic carbocycles. The Morgan fingerprint density at radius 1 is 1.41 bits per heavy atom. The third-order valence-electron chi connectivity index (χ3n) is 3.35. The Balaban J connectivity index is 1.60. The van der Waals surface area contributed by atoms with Gasteiger partial charge in [-0.05, 0) is 18.8 Å². The lowest BCUT2D eigenvalue weighted by Gasteiger charge is -2.20. The second kappa shape index (κ2) is 6.37. The highest BCUT2D eigenvalue weighted by molar-refractivity contribution is 5.76. The van der Waals surface area contributed by atoms with Crippen molar-refractivity contribution >= 4 is 5.91 Å². The van der Waals surface area contributed by atoms with Gasteiger partial charge in [0.2, 0.25) is 5.91 Å². The van der Waals surface area contributed by atoms with Crippen LogP contribution in [0.4, 0.5) is 0 Å². The molecule has 17 heavy (non-hydrogen) atoms. The summed E-state index contributed by atoms with van der Waals surface area (Å²) >= 11 is 0. The summed E-state index contributed by atoms with van der Waals surface area (Å²) in [7, 11) is 0. The van der Waals surface area contributed by atoms with Crippen LogP contribution in [0.5, 0.6) is 0 Å². The number of hydrogen-bond acceptors (Lipinski definition) is 3. The first-order valence-electron chi connectivity index (χ1n) is 6.45. The van der Waals surface area contributed by atoms with Crippen LogP contribution in [0.1, 0.15) is 44.3 Å². The Hall–Kier alpha value is -1.39. The van der Waals surface area contributed by atoms with Crippen LogP contribution in [0.3, 0.4) is 0 Å². The summed E-state index contributed by atoms with van der Waals surface area (Å²) in [4.78, 5) is 15.7. The van der Waals surface area contributed by atoms with E-state index in [1.54, 1.807) is 0 Å². The van der Waals surface area contributed by atoms with Crippen molar-refractivity contribution in [3.63, 3.8) is 0 Å². The van der Waals surface area contributed by atoms with E-state index < -0.39 is 0 Å². The van der Waals surface area contributed by atoms with E-state index in [0.29, 0.717) is 18.9 Å². The highest BCUT2D eigenvalue weighted by Crippen LogP contribution is 2.25. The van der Waals surface area contributed by atoms with Gasteiger partial charge in [-0.15, -0.1) is 0 Å². The Kier molecular flexibility index (Phi) is 4.53. The predicted octanol–water partition coefficient (Wildman–Crippen LogP) is 1.43. The highest BCUT2D eigenvalue weighted by Gasteiger charge is 2.16. The second-order valence-electron chi connectivity index (χ2n) is 4.74. The van der Waals surface area contributed by atoms with Crippen LogP contribution in [-0.4, -0.2) is 27.6 Å². The van der Waals surface area contributed by atoms with Crippen molar-refractivity contribution in [2.75, 3.05) is 6.54 Å². The number of nitrogens with zero attached hydrogens (tertiary/aromatic N) is 2. The van der Waals surface area contributed by atoms with E-state index in [1.807, 2.05) is 0 Å². The molecule has 0 unspecified atom stereocenters. The van der Waals surface area contributed by atoms with Gasteiger partial charge in [-0.2, -0.15) is 5.10 Å². The second-order valence-corrected chi connectivity index (χ2v) is 4.74. The molecule has 1 fully saturated rings. The highest BCUT2D eigenvalue weighted by atomic mass is 16.1. The van der Waals surface area contributed by atoms with E-state index in [0.717, 1.165) is 12.2 Å². The van der Waals surface area contributed by atoms with E-state index in [9.17, 15) is 4.79 Å². The van der Waals surface area contributed by atoms with E-state index in [2.05, 4.69) is 20.5 Å². The molecule has 0 spiro atoms. The molecule has 1 saturated carbocycles. The molecule has 0 saturated heterocycles. The van der Waals surface area contributed by atoms with Crippen LogP contribution < -0.4 is 5.32 Å². The summed E-state index contributed by atoms with van der Waals surface area (Å²) in [6.45, 7) is 0.640. The number of amides is 1. The zero-order valence-corrected chi connectivity index (χ0v) is 10.1. The normalized spacial score (nSPS) is 16.9. The maximum atomic E-state index is 11.7. The zero-order chi connectivity index (χ0) is 11.9. The molecule has 1 heterocycles. The first kappa shape index (κ1) is 12.1. The number of carbonyl (C=O) groups is 1. The molecule has 1 aliphatic rings. The SMILES string of the molecule is O=C(CC1CCCCC1)NCCc1ncn[nH]1. The molecule has 94 valence electrons. The summed E-state index contributed by atoms with van der Waals surface area (Å²) in [5.41, 5.74) is 0. The van der Waals surface area contributed by atoms with Crippen LogP contribution in [0.2, 0.25) is 0 Å². The maximum Gasteiger partial charge on any atom is 0.220 e. The van der Waals surface area contributed by atoms with Gasteiger partial charge in [0.15, 0.2) is 0 Å². The van der Waals surface area contributed by atoms with Crippen molar-refractivity contribution in [1.82, 2.24) is 20.5 Å². The molecular weight excluding hydrogens is 216 g/mol. The Labute approximate surface area is 101 Å². The summed E-state index contributed by atoms with van der Waals surface area (Å²) in [6, 6.07) is 0. The fourth-order valence-electron chi connectivity index (χ4n) is 2.40. The number of aromatic amines is 1. The van der Waals surface area contributed by atoms with Gasteiger partial charge in [0.1, 0.15) is 12.2 Å². The lowest BCUT2D eigenvalue weighted by atomic mass is 9.87. The fourth-order valence-corrected chi connectivity index (χ4v) is 2.40. The quantitative estimate of drug-likeness (QED) is 0.812. The monoisotopic (exact) mass is 236 g/mol. The van der Waals surface area contributed by atoms with Crippen LogP contribution in [0, 0.1) is 5.92 Å². The smallest absolute Gasteiger partial charge is 0.220 e.